The van der Waals surface area contributed by atoms with Crippen molar-refractivity contribution in [2.75, 3.05) is 6.61 Å². The maximum absolute atomic E-state index is 10.6. The minimum absolute atomic E-state index is 0.247. The fourth-order valence-corrected chi connectivity index (χ4v) is 3.34. The minimum atomic E-state index is -0.279. The van der Waals surface area contributed by atoms with Crippen LogP contribution in [0, 0.1) is 11.8 Å². The summed E-state index contributed by atoms with van der Waals surface area (Å²) in [5.41, 5.74) is -0.247. The van der Waals surface area contributed by atoms with Gasteiger partial charge in [0, 0.05) is 6.61 Å². The van der Waals surface area contributed by atoms with Gasteiger partial charge in [-0.05, 0) is 38.0 Å². The van der Waals surface area contributed by atoms with E-state index in [1.54, 1.807) is 0 Å². The molecule has 1 N–H and O–H groups in total. The molecule has 0 aliphatic heterocycles. The quantitative estimate of drug-likeness (QED) is 0.741. The highest BCUT2D eigenvalue weighted by Crippen LogP contribution is 2.39. The highest BCUT2D eigenvalue weighted by molar-refractivity contribution is 4.93. The van der Waals surface area contributed by atoms with Crippen LogP contribution < -0.4 is 0 Å². The predicted molar refractivity (Wildman–Crippen MR) is 76.7 cm³/mol. The standard InChI is InChI=1S/C16H32O2/c1-5-18-16(11-7-9-14(4)12-16)15(17)10-6-8-13(2)3/h13-15,17H,5-12H2,1-4H3. The lowest BCUT2D eigenvalue weighted by Gasteiger charge is -2.43. The highest BCUT2D eigenvalue weighted by atomic mass is 16.5. The molecular weight excluding hydrogens is 224 g/mol. The zero-order valence-corrected chi connectivity index (χ0v) is 12.7. The molecule has 1 aliphatic rings. The van der Waals surface area contributed by atoms with E-state index in [1.165, 1.54) is 19.3 Å². The Hall–Kier alpha value is -0.0800. The molecule has 1 fully saturated rings. The van der Waals surface area contributed by atoms with Crippen LogP contribution >= 0.6 is 0 Å². The van der Waals surface area contributed by atoms with E-state index in [4.69, 9.17) is 4.74 Å². The van der Waals surface area contributed by atoms with Crippen molar-refractivity contribution in [3.05, 3.63) is 0 Å². The van der Waals surface area contributed by atoms with Gasteiger partial charge in [-0.15, -0.1) is 0 Å². The first-order chi connectivity index (χ1) is 8.50. The topological polar surface area (TPSA) is 29.5 Å². The van der Waals surface area contributed by atoms with Crippen LogP contribution in [0.2, 0.25) is 0 Å². The van der Waals surface area contributed by atoms with Gasteiger partial charge in [0.1, 0.15) is 0 Å². The zero-order valence-electron chi connectivity index (χ0n) is 12.7. The van der Waals surface area contributed by atoms with Crippen molar-refractivity contribution in [3.8, 4) is 0 Å². The Labute approximate surface area is 113 Å². The molecule has 2 nitrogen and oxygen atoms in total. The minimum Gasteiger partial charge on any atom is -0.390 e. The van der Waals surface area contributed by atoms with Crippen LogP contribution in [0.15, 0.2) is 0 Å². The Bertz CT molecular complexity index is 223. The van der Waals surface area contributed by atoms with E-state index in [0.717, 1.165) is 31.6 Å². The second kappa shape index (κ2) is 7.49. The molecule has 0 aromatic heterocycles. The molecule has 0 saturated heterocycles. The van der Waals surface area contributed by atoms with E-state index in [1.807, 2.05) is 6.92 Å². The highest BCUT2D eigenvalue weighted by Gasteiger charge is 2.41. The van der Waals surface area contributed by atoms with Gasteiger partial charge in [-0.1, -0.05) is 46.5 Å². The summed E-state index contributed by atoms with van der Waals surface area (Å²) in [6, 6.07) is 0. The fourth-order valence-electron chi connectivity index (χ4n) is 3.34. The van der Waals surface area contributed by atoms with Crippen molar-refractivity contribution in [1.29, 1.82) is 0 Å². The second-order valence-electron chi connectivity index (χ2n) is 6.54. The fraction of sp³-hybridized carbons (Fsp3) is 1.00. The molecule has 0 bridgehead atoms. The van der Waals surface area contributed by atoms with Crippen molar-refractivity contribution in [3.63, 3.8) is 0 Å². The van der Waals surface area contributed by atoms with Crippen molar-refractivity contribution >= 4 is 0 Å². The molecule has 0 aromatic carbocycles. The molecule has 1 saturated carbocycles. The van der Waals surface area contributed by atoms with Crippen LogP contribution in [-0.4, -0.2) is 23.4 Å². The number of rotatable bonds is 7. The number of hydrogen-bond acceptors (Lipinski definition) is 2. The Kier molecular flexibility index (Phi) is 6.65. The van der Waals surface area contributed by atoms with Crippen LogP contribution in [0.3, 0.4) is 0 Å². The van der Waals surface area contributed by atoms with Crippen LogP contribution in [0.1, 0.15) is 72.6 Å². The summed E-state index contributed by atoms with van der Waals surface area (Å²) < 4.78 is 6.01. The van der Waals surface area contributed by atoms with Crippen LogP contribution in [0.4, 0.5) is 0 Å². The number of hydrogen-bond donors (Lipinski definition) is 1. The smallest absolute Gasteiger partial charge is 0.0942 e. The summed E-state index contributed by atoms with van der Waals surface area (Å²) >= 11 is 0. The number of aliphatic hydroxyl groups excluding tert-OH is 1. The average molecular weight is 256 g/mol. The molecule has 18 heavy (non-hydrogen) atoms. The molecular formula is C16H32O2. The summed E-state index contributed by atoms with van der Waals surface area (Å²) in [4.78, 5) is 0. The third-order valence-electron chi connectivity index (χ3n) is 4.29. The summed E-state index contributed by atoms with van der Waals surface area (Å²) in [5.74, 6) is 1.41. The Morgan fingerprint density at radius 1 is 1.33 bits per heavy atom. The van der Waals surface area contributed by atoms with E-state index in [9.17, 15) is 5.11 Å². The molecule has 1 aliphatic carbocycles. The van der Waals surface area contributed by atoms with E-state index in [0.29, 0.717) is 12.5 Å². The molecule has 2 heteroatoms. The molecule has 0 amide bonds. The van der Waals surface area contributed by atoms with Gasteiger partial charge < -0.3 is 9.84 Å². The molecule has 3 unspecified atom stereocenters. The lowest BCUT2D eigenvalue weighted by molar-refractivity contribution is -0.149. The second-order valence-corrected chi connectivity index (χ2v) is 6.54. The Balaban J connectivity index is 2.53. The van der Waals surface area contributed by atoms with Gasteiger partial charge in [-0.2, -0.15) is 0 Å². The van der Waals surface area contributed by atoms with Gasteiger partial charge in [0.25, 0.3) is 0 Å². The first-order valence-corrected chi connectivity index (χ1v) is 7.82. The number of aliphatic hydroxyl groups is 1. The first-order valence-electron chi connectivity index (χ1n) is 7.82. The largest absolute Gasteiger partial charge is 0.390 e. The molecule has 3 atom stereocenters. The maximum Gasteiger partial charge on any atom is 0.0942 e. The summed E-state index contributed by atoms with van der Waals surface area (Å²) in [6.45, 7) is 9.53. The molecule has 0 radical (unpaired) electrons. The van der Waals surface area contributed by atoms with Crippen molar-refractivity contribution < 1.29 is 9.84 Å². The summed E-state index contributed by atoms with van der Waals surface area (Å²) in [6.07, 6.45) is 7.48. The summed E-state index contributed by atoms with van der Waals surface area (Å²) in [7, 11) is 0. The lowest BCUT2D eigenvalue weighted by Crippen LogP contribution is -2.48. The normalized spacial score (nSPS) is 30.7. The van der Waals surface area contributed by atoms with E-state index < -0.39 is 0 Å². The van der Waals surface area contributed by atoms with E-state index >= 15 is 0 Å². The molecule has 108 valence electrons. The van der Waals surface area contributed by atoms with Gasteiger partial charge in [0.05, 0.1) is 11.7 Å². The van der Waals surface area contributed by atoms with Crippen LogP contribution in [0.25, 0.3) is 0 Å². The predicted octanol–water partition coefficient (Wildman–Crippen LogP) is 4.16. The van der Waals surface area contributed by atoms with Gasteiger partial charge in [-0.3, -0.25) is 0 Å². The average Bonchev–Trinajstić information content (AvgIpc) is 2.28. The van der Waals surface area contributed by atoms with Crippen LogP contribution in [0.5, 0.6) is 0 Å². The monoisotopic (exact) mass is 256 g/mol. The van der Waals surface area contributed by atoms with Gasteiger partial charge in [0.15, 0.2) is 0 Å². The van der Waals surface area contributed by atoms with E-state index in [2.05, 4.69) is 20.8 Å². The SMILES string of the molecule is CCOC1(C(O)CCCC(C)C)CCCC(C)C1. The lowest BCUT2D eigenvalue weighted by atomic mass is 9.74. The van der Waals surface area contributed by atoms with Gasteiger partial charge in [0.2, 0.25) is 0 Å². The zero-order chi connectivity index (χ0) is 13.6. The molecule has 0 spiro atoms. The molecule has 1 rings (SSSR count). The van der Waals surface area contributed by atoms with Crippen molar-refractivity contribution in [2.45, 2.75) is 84.3 Å². The van der Waals surface area contributed by atoms with Crippen molar-refractivity contribution in [1.82, 2.24) is 0 Å². The summed E-state index contributed by atoms with van der Waals surface area (Å²) in [5, 5.41) is 10.6. The third-order valence-corrected chi connectivity index (χ3v) is 4.29. The van der Waals surface area contributed by atoms with E-state index in [-0.39, 0.29) is 11.7 Å². The third kappa shape index (κ3) is 4.55. The van der Waals surface area contributed by atoms with Gasteiger partial charge >= 0.3 is 0 Å². The first kappa shape index (κ1) is 16.0. The Morgan fingerprint density at radius 3 is 2.61 bits per heavy atom. The van der Waals surface area contributed by atoms with Crippen molar-refractivity contribution in [2.24, 2.45) is 11.8 Å². The number of ether oxygens (including phenoxy) is 1. The molecule has 0 heterocycles. The van der Waals surface area contributed by atoms with Crippen LogP contribution in [-0.2, 0) is 4.74 Å². The maximum atomic E-state index is 10.6. The van der Waals surface area contributed by atoms with Gasteiger partial charge in [-0.25, -0.2) is 0 Å². The molecule has 0 aromatic rings. The Morgan fingerprint density at radius 2 is 2.06 bits per heavy atom.